The lowest BCUT2D eigenvalue weighted by molar-refractivity contribution is -0.143. The van der Waals surface area contributed by atoms with Crippen molar-refractivity contribution in [1.82, 2.24) is 10.2 Å². The molecule has 0 bridgehead atoms. The van der Waals surface area contributed by atoms with Crippen LogP contribution in [0.25, 0.3) is 0 Å². The number of hydrogen-bond acceptors (Lipinski definition) is 4. The van der Waals surface area contributed by atoms with E-state index in [-0.39, 0.29) is 31.0 Å². The molecule has 0 heterocycles. The van der Waals surface area contributed by atoms with Crippen molar-refractivity contribution in [3.8, 4) is 11.5 Å². The van der Waals surface area contributed by atoms with Gasteiger partial charge in [-0.25, -0.2) is 0 Å². The summed E-state index contributed by atoms with van der Waals surface area (Å²) in [6, 6.07) is 20.8. The first-order chi connectivity index (χ1) is 17.8. The van der Waals surface area contributed by atoms with Gasteiger partial charge in [-0.15, -0.1) is 0 Å². The Morgan fingerprint density at radius 2 is 1.65 bits per heavy atom. The van der Waals surface area contributed by atoms with Crippen molar-refractivity contribution in [3.63, 3.8) is 0 Å². The summed E-state index contributed by atoms with van der Waals surface area (Å²) in [7, 11) is 1.58. The predicted octanol–water partition coefficient (Wildman–Crippen LogP) is 5.94. The molecule has 8 heteroatoms. The summed E-state index contributed by atoms with van der Waals surface area (Å²) < 4.78 is 11.0. The largest absolute Gasteiger partial charge is 0.497 e. The minimum absolute atomic E-state index is 0.0441. The lowest BCUT2D eigenvalue weighted by atomic mass is 10.0. The molecule has 0 radical (unpaired) electrons. The minimum Gasteiger partial charge on any atom is -0.497 e. The van der Waals surface area contributed by atoms with Crippen LogP contribution in [-0.2, 0) is 22.6 Å². The number of halogens is 2. The third kappa shape index (κ3) is 8.41. The third-order valence-electron chi connectivity index (χ3n) is 6.05. The Morgan fingerprint density at radius 1 is 0.973 bits per heavy atom. The van der Waals surface area contributed by atoms with E-state index in [1.54, 1.807) is 49.6 Å². The molecule has 196 valence electrons. The minimum atomic E-state index is -0.782. The Kier molecular flexibility index (Phi) is 10.7. The second-order valence-electron chi connectivity index (χ2n) is 8.74. The Bertz CT molecular complexity index is 1170. The summed E-state index contributed by atoms with van der Waals surface area (Å²) in [5, 5.41) is 3.95. The standard InChI is InChI=1S/C29H32Cl2N2O4/c1-4-20(2)32-29(35)27(16-21-8-6-5-7-9-21)33(18-22-10-11-23(30)17-26(22)31)28(34)19-37-25-14-12-24(36-3)13-15-25/h5-15,17,20,27H,4,16,18-19H2,1-3H3,(H,32,35)/t20-,27-/m0/s1. The van der Waals surface area contributed by atoms with Crippen molar-refractivity contribution in [2.24, 2.45) is 0 Å². The maximum absolute atomic E-state index is 13.6. The van der Waals surface area contributed by atoms with E-state index in [4.69, 9.17) is 32.7 Å². The first-order valence-electron chi connectivity index (χ1n) is 12.1. The molecular weight excluding hydrogens is 511 g/mol. The first kappa shape index (κ1) is 28.4. The van der Waals surface area contributed by atoms with Gasteiger partial charge in [0.2, 0.25) is 5.91 Å². The summed E-state index contributed by atoms with van der Waals surface area (Å²) in [6.07, 6.45) is 1.10. The Balaban J connectivity index is 1.92. The van der Waals surface area contributed by atoms with Crippen LogP contribution < -0.4 is 14.8 Å². The molecule has 0 unspecified atom stereocenters. The maximum atomic E-state index is 13.6. The molecule has 0 saturated heterocycles. The van der Waals surface area contributed by atoms with Crippen molar-refractivity contribution in [3.05, 3.63) is 94.0 Å². The van der Waals surface area contributed by atoms with Gasteiger partial charge in [-0.1, -0.05) is 66.5 Å². The second-order valence-corrected chi connectivity index (χ2v) is 9.59. The van der Waals surface area contributed by atoms with E-state index in [9.17, 15) is 9.59 Å². The van der Waals surface area contributed by atoms with Gasteiger partial charge in [0.25, 0.3) is 5.91 Å². The summed E-state index contributed by atoms with van der Waals surface area (Å²) >= 11 is 12.6. The van der Waals surface area contributed by atoms with Gasteiger partial charge in [-0.2, -0.15) is 0 Å². The van der Waals surface area contributed by atoms with Crippen LogP contribution in [0.5, 0.6) is 11.5 Å². The maximum Gasteiger partial charge on any atom is 0.261 e. The number of carbonyl (C=O) groups is 2. The van der Waals surface area contributed by atoms with E-state index in [0.717, 1.165) is 12.0 Å². The highest BCUT2D eigenvalue weighted by Gasteiger charge is 2.31. The molecule has 3 aromatic rings. The highest BCUT2D eigenvalue weighted by atomic mass is 35.5. The number of rotatable bonds is 12. The van der Waals surface area contributed by atoms with Gasteiger partial charge in [0.05, 0.1) is 7.11 Å². The molecule has 0 aliphatic heterocycles. The van der Waals surface area contributed by atoms with E-state index in [2.05, 4.69) is 5.32 Å². The van der Waals surface area contributed by atoms with Gasteiger partial charge in [0.1, 0.15) is 17.5 Å². The molecule has 0 saturated carbocycles. The molecule has 0 aliphatic carbocycles. The number of ether oxygens (including phenoxy) is 2. The summed E-state index contributed by atoms with van der Waals surface area (Å²) in [5.74, 6) is 0.618. The van der Waals surface area contributed by atoms with E-state index in [1.165, 1.54) is 4.90 Å². The zero-order valence-electron chi connectivity index (χ0n) is 21.2. The molecule has 0 fully saturated rings. The van der Waals surface area contributed by atoms with Crippen LogP contribution in [0.3, 0.4) is 0 Å². The molecule has 2 amide bonds. The van der Waals surface area contributed by atoms with Crippen LogP contribution >= 0.6 is 23.2 Å². The normalized spacial score (nSPS) is 12.4. The lowest BCUT2D eigenvalue weighted by Gasteiger charge is -2.32. The van der Waals surface area contributed by atoms with Gasteiger partial charge in [-0.3, -0.25) is 9.59 Å². The van der Waals surface area contributed by atoms with Crippen molar-refractivity contribution >= 4 is 35.0 Å². The highest BCUT2D eigenvalue weighted by molar-refractivity contribution is 6.35. The Morgan fingerprint density at radius 3 is 2.27 bits per heavy atom. The molecule has 6 nitrogen and oxygen atoms in total. The Labute approximate surface area is 228 Å². The molecule has 2 atom stereocenters. The van der Waals surface area contributed by atoms with Crippen LogP contribution in [0.2, 0.25) is 10.0 Å². The van der Waals surface area contributed by atoms with Gasteiger partial charge < -0.3 is 19.7 Å². The van der Waals surface area contributed by atoms with Gasteiger partial charge in [-0.05, 0) is 60.9 Å². The molecule has 0 spiro atoms. The molecule has 37 heavy (non-hydrogen) atoms. The molecule has 3 rings (SSSR count). The van der Waals surface area contributed by atoms with Gasteiger partial charge >= 0.3 is 0 Å². The first-order valence-corrected chi connectivity index (χ1v) is 12.9. The van der Waals surface area contributed by atoms with Crippen LogP contribution in [0.4, 0.5) is 0 Å². The topological polar surface area (TPSA) is 67.9 Å². The fourth-order valence-electron chi connectivity index (χ4n) is 3.73. The number of methoxy groups -OCH3 is 1. The average Bonchev–Trinajstić information content (AvgIpc) is 2.91. The van der Waals surface area contributed by atoms with Gasteiger partial charge in [0, 0.05) is 29.1 Å². The quantitative estimate of drug-likeness (QED) is 0.307. The van der Waals surface area contributed by atoms with Crippen LogP contribution in [0.15, 0.2) is 72.8 Å². The summed E-state index contributed by atoms with van der Waals surface area (Å²) in [6.45, 7) is 3.80. The zero-order chi connectivity index (χ0) is 26.8. The van der Waals surface area contributed by atoms with E-state index < -0.39 is 6.04 Å². The fourth-order valence-corrected chi connectivity index (χ4v) is 4.20. The van der Waals surface area contributed by atoms with Crippen molar-refractivity contribution in [2.75, 3.05) is 13.7 Å². The molecule has 0 aromatic heterocycles. The molecule has 3 aromatic carbocycles. The number of nitrogens with zero attached hydrogens (tertiary/aromatic N) is 1. The highest BCUT2D eigenvalue weighted by Crippen LogP contribution is 2.24. The van der Waals surface area contributed by atoms with E-state index in [0.29, 0.717) is 33.5 Å². The fraction of sp³-hybridized carbons (Fsp3) is 0.310. The number of hydrogen-bond donors (Lipinski definition) is 1. The zero-order valence-corrected chi connectivity index (χ0v) is 22.8. The van der Waals surface area contributed by atoms with Crippen molar-refractivity contribution in [1.29, 1.82) is 0 Å². The molecule has 1 N–H and O–H groups in total. The summed E-state index contributed by atoms with van der Waals surface area (Å²) in [4.78, 5) is 28.7. The van der Waals surface area contributed by atoms with Gasteiger partial charge in [0.15, 0.2) is 6.61 Å². The number of carbonyl (C=O) groups excluding carboxylic acids is 2. The van der Waals surface area contributed by atoms with Crippen molar-refractivity contribution in [2.45, 2.75) is 45.3 Å². The smallest absolute Gasteiger partial charge is 0.261 e. The lowest BCUT2D eigenvalue weighted by Crippen LogP contribution is -2.53. The molecule has 0 aliphatic rings. The van der Waals surface area contributed by atoms with E-state index in [1.807, 2.05) is 44.2 Å². The van der Waals surface area contributed by atoms with Crippen LogP contribution in [-0.4, -0.2) is 42.5 Å². The van der Waals surface area contributed by atoms with Crippen LogP contribution in [0.1, 0.15) is 31.4 Å². The third-order valence-corrected chi connectivity index (χ3v) is 6.64. The van der Waals surface area contributed by atoms with Crippen LogP contribution in [0, 0.1) is 0 Å². The second kappa shape index (κ2) is 13.9. The summed E-state index contributed by atoms with van der Waals surface area (Å²) in [5.41, 5.74) is 1.61. The number of nitrogens with one attached hydrogen (secondary N) is 1. The monoisotopic (exact) mass is 542 g/mol. The predicted molar refractivity (Wildman–Crippen MR) is 147 cm³/mol. The molecular formula is C29H32Cl2N2O4. The number of amides is 2. The Hall–Kier alpha value is -3.22. The number of benzene rings is 3. The SMILES string of the molecule is CC[C@H](C)NC(=O)[C@H](Cc1ccccc1)N(Cc1ccc(Cl)cc1Cl)C(=O)COc1ccc(OC)cc1. The average molecular weight is 543 g/mol. The van der Waals surface area contributed by atoms with E-state index >= 15 is 0 Å². The van der Waals surface area contributed by atoms with Crippen molar-refractivity contribution < 1.29 is 19.1 Å².